The Bertz CT molecular complexity index is 2120. The molecule has 294 valence electrons. The van der Waals surface area contributed by atoms with Gasteiger partial charge in [0.1, 0.15) is 35.4 Å². The van der Waals surface area contributed by atoms with Gasteiger partial charge in [-0.05, 0) is 46.4 Å². The predicted octanol–water partition coefficient (Wildman–Crippen LogP) is 9.98. The van der Waals surface area contributed by atoms with Gasteiger partial charge in [0.05, 0.1) is 50.8 Å². The number of hydrogen-bond donors (Lipinski definition) is 0. The number of ether oxygens (including phenoxy) is 6. The zero-order valence-corrected chi connectivity index (χ0v) is 33.4. The molecule has 0 bridgehead atoms. The van der Waals surface area contributed by atoms with Gasteiger partial charge in [-0.2, -0.15) is 0 Å². The molecular formula is C47H46ClNO7S. The van der Waals surface area contributed by atoms with Crippen LogP contribution in [0.25, 0.3) is 0 Å². The fraction of sp³-hybridized carbons (Fsp3) is 0.277. The number of thiazole rings is 1. The lowest BCUT2D eigenvalue weighted by molar-refractivity contribution is -0.275. The monoisotopic (exact) mass is 803 g/mol. The molecule has 5 aromatic carbocycles. The molecule has 1 aliphatic heterocycles. The molecule has 0 aliphatic carbocycles. The number of carbonyl (C=O) groups excluding carboxylic acids is 1. The molecule has 0 saturated carbocycles. The van der Waals surface area contributed by atoms with Crippen LogP contribution in [0, 0.1) is 0 Å². The lowest BCUT2D eigenvalue weighted by atomic mass is 9.89. The van der Waals surface area contributed by atoms with Gasteiger partial charge in [-0.15, -0.1) is 11.3 Å². The molecule has 7 rings (SSSR count). The topological polar surface area (TPSA) is 85.3 Å². The standard InChI is InChI=1S/C47H46ClNO7S/c1-2-52-47(50)41-27-49-42(57-41)26-38-25-37(23-24-39(38)48)43-45(54-30-35-19-11-5-12-20-35)46(55-31-36-21-13-6-14-22-36)44(53-29-34-17-9-4-10-18-34)40(56-43)32-51-28-33-15-7-3-8-16-33/h3-25,27,40,43-46H,2,26,28-32H2,1H3. The van der Waals surface area contributed by atoms with E-state index in [0.29, 0.717) is 49.4 Å². The molecule has 2 heterocycles. The second-order valence-electron chi connectivity index (χ2n) is 13.7. The van der Waals surface area contributed by atoms with Crippen molar-refractivity contribution in [1.29, 1.82) is 0 Å². The molecule has 0 spiro atoms. The van der Waals surface area contributed by atoms with Crippen LogP contribution in [0.5, 0.6) is 0 Å². The Balaban J connectivity index is 1.25. The summed E-state index contributed by atoms with van der Waals surface area (Å²) in [5, 5.41) is 1.32. The number of benzene rings is 5. The summed E-state index contributed by atoms with van der Waals surface area (Å²) >= 11 is 8.15. The molecular weight excluding hydrogens is 758 g/mol. The van der Waals surface area contributed by atoms with E-state index in [2.05, 4.69) is 4.98 Å². The van der Waals surface area contributed by atoms with Gasteiger partial charge < -0.3 is 28.4 Å². The number of halogens is 1. The summed E-state index contributed by atoms with van der Waals surface area (Å²) < 4.78 is 39.4. The van der Waals surface area contributed by atoms with Gasteiger partial charge in [-0.25, -0.2) is 9.78 Å². The van der Waals surface area contributed by atoms with Crippen LogP contribution in [-0.2, 0) is 61.3 Å². The van der Waals surface area contributed by atoms with E-state index in [4.69, 9.17) is 40.0 Å². The summed E-state index contributed by atoms with van der Waals surface area (Å²) in [6, 6.07) is 46.2. The van der Waals surface area contributed by atoms with Crippen LogP contribution in [0.4, 0.5) is 0 Å². The molecule has 0 radical (unpaired) electrons. The van der Waals surface area contributed by atoms with Gasteiger partial charge in [-0.1, -0.05) is 145 Å². The summed E-state index contributed by atoms with van der Waals surface area (Å²) in [4.78, 5) is 17.4. The second kappa shape index (κ2) is 20.6. The molecule has 0 N–H and O–H groups in total. The highest BCUT2D eigenvalue weighted by molar-refractivity contribution is 7.13. The van der Waals surface area contributed by atoms with E-state index in [1.807, 2.05) is 140 Å². The van der Waals surface area contributed by atoms with E-state index in [1.165, 1.54) is 11.3 Å². The van der Waals surface area contributed by atoms with Crippen molar-refractivity contribution < 1.29 is 33.2 Å². The zero-order chi connectivity index (χ0) is 39.2. The number of nitrogens with zero attached hydrogens (tertiary/aromatic N) is 1. The highest BCUT2D eigenvalue weighted by atomic mass is 35.5. The summed E-state index contributed by atoms with van der Waals surface area (Å²) in [5.74, 6) is -0.388. The molecule has 1 fully saturated rings. The van der Waals surface area contributed by atoms with Crippen LogP contribution >= 0.6 is 22.9 Å². The summed E-state index contributed by atoms with van der Waals surface area (Å²) in [7, 11) is 0. The van der Waals surface area contributed by atoms with E-state index in [-0.39, 0.29) is 12.6 Å². The Morgan fingerprint density at radius 3 is 1.77 bits per heavy atom. The minimum absolute atomic E-state index is 0.248. The SMILES string of the molecule is CCOC(=O)c1cnc(Cc2cc(C3OC(COCc4ccccc4)C(OCc4ccccc4)C(OCc4ccccc4)C3OCc3ccccc3)ccc2Cl)s1. The maximum atomic E-state index is 12.4. The van der Waals surface area contributed by atoms with Crippen molar-refractivity contribution in [3.05, 3.63) is 194 Å². The normalized spacial score (nSPS) is 19.3. The molecule has 8 nitrogen and oxygen atoms in total. The average Bonchev–Trinajstić information content (AvgIpc) is 3.73. The highest BCUT2D eigenvalue weighted by Gasteiger charge is 2.49. The first-order valence-corrected chi connectivity index (χ1v) is 20.4. The van der Waals surface area contributed by atoms with Crippen LogP contribution in [0.15, 0.2) is 146 Å². The Hall–Kier alpha value is -4.71. The Kier molecular flexibility index (Phi) is 14.7. The first-order chi connectivity index (χ1) is 28.0. The van der Waals surface area contributed by atoms with Crippen LogP contribution < -0.4 is 0 Å². The molecule has 1 saturated heterocycles. The number of rotatable bonds is 18. The molecule has 10 heteroatoms. The van der Waals surface area contributed by atoms with Crippen molar-refractivity contribution in [3.8, 4) is 0 Å². The fourth-order valence-corrected chi connectivity index (χ4v) is 7.84. The lowest BCUT2D eigenvalue weighted by Gasteiger charge is -2.46. The van der Waals surface area contributed by atoms with E-state index < -0.39 is 30.5 Å². The van der Waals surface area contributed by atoms with Crippen molar-refractivity contribution in [1.82, 2.24) is 4.98 Å². The van der Waals surface area contributed by atoms with Crippen LogP contribution in [0.2, 0.25) is 5.02 Å². The average molecular weight is 804 g/mol. The minimum Gasteiger partial charge on any atom is -0.462 e. The largest absolute Gasteiger partial charge is 0.462 e. The first-order valence-electron chi connectivity index (χ1n) is 19.2. The summed E-state index contributed by atoms with van der Waals surface area (Å²) in [5.41, 5.74) is 5.83. The van der Waals surface area contributed by atoms with Gasteiger partial charge in [0, 0.05) is 11.4 Å². The third kappa shape index (κ3) is 11.2. The van der Waals surface area contributed by atoms with E-state index in [9.17, 15) is 4.79 Å². The first kappa shape index (κ1) is 40.5. The van der Waals surface area contributed by atoms with Gasteiger partial charge >= 0.3 is 5.97 Å². The summed E-state index contributed by atoms with van der Waals surface area (Å²) in [6.07, 6.45) is -0.915. The molecule has 57 heavy (non-hydrogen) atoms. The zero-order valence-electron chi connectivity index (χ0n) is 31.8. The number of aromatic nitrogens is 1. The smallest absolute Gasteiger partial charge is 0.349 e. The van der Waals surface area contributed by atoms with Crippen molar-refractivity contribution in [2.75, 3.05) is 13.2 Å². The maximum absolute atomic E-state index is 12.4. The Morgan fingerprint density at radius 1 is 0.684 bits per heavy atom. The molecule has 5 atom stereocenters. The second-order valence-corrected chi connectivity index (χ2v) is 15.3. The number of carbonyl (C=O) groups is 1. The van der Waals surface area contributed by atoms with Crippen LogP contribution in [-0.4, -0.2) is 48.6 Å². The van der Waals surface area contributed by atoms with E-state index in [0.717, 1.165) is 38.4 Å². The van der Waals surface area contributed by atoms with Gasteiger partial charge in [0.25, 0.3) is 0 Å². The molecule has 6 aromatic rings. The van der Waals surface area contributed by atoms with Crippen molar-refractivity contribution in [2.24, 2.45) is 0 Å². The molecule has 1 aromatic heterocycles. The van der Waals surface area contributed by atoms with Gasteiger partial charge in [-0.3, -0.25) is 0 Å². The van der Waals surface area contributed by atoms with Crippen molar-refractivity contribution in [3.63, 3.8) is 0 Å². The Labute approximate surface area is 343 Å². The lowest BCUT2D eigenvalue weighted by Crippen LogP contribution is -2.58. The molecule has 5 unspecified atom stereocenters. The fourth-order valence-electron chi connectivity index (χ4n) is 6.82. The maximum Gasteiger partial charge on any atom is 0.349 e. The predicted molar refractivity (Wildman–Crippen MR) is 221 cm³/mol. The van der Waals surface area contributed by atoms with E-state index in [1.54, 1.807) is 13.1 Å². The quantitative estimate of drug-likeness (QED) is 0.0795. The van der Waals surface area contributed by atoms with Crippen LogP contribution in [0.3, 0.4) is 0 Å². The Morgan fingerprint density at radius 2 is 1.21 bits per heavy atom. The highest BCUT2D eigenvalue weighted by Crippen LogP contribution is 2.40. The van der Waals surface area contributed by atoms with Gasteiger partial charge in [0.2, 0.25) is 0 Å². The third-order valence-corrected chi connectivity index (χ3v) is 11.0. The number of esters is 1. The number of hydrogen-bond acceptors (Lipinski definition) is 9. The van der Waals surface area contributed by atoms with Gasteiger partial charge in [0.15, 0.2) is 0 Å². The molecule has 1 aliphatic rings. The van der Waals surface area contributed by atoms with Crippen molar-refractivity contribution >= 4 is 28.9 Å². The molecule has 0 amide bonds. The third-order valence-electron chi connectivity index (χ3n) is 9.65. The van der Waals surface area contributed by atoms with Crippen molar-refractivity contribution in [2.45, 2.75) is 70.3 Å². The summed E-state index contributed by atoms with van der Waals surface area (Å²) in [6.45, 7) is 3.74. The minimum atomic E-state index is -0.607. The van der Waals surface area contributed by atoms with Crippen LogP contribution in [0.1, 0.15) is 61.1 Å². The van der Waals surface area contributed by atoms with E-state index >= 15 is 0 Å².